The van der Waals surface area contributed by atoms with Gasteiger partial charge >= 0.3 is 0 Å². The molecule has 4 nitrogen and oxygen atoms in total. The first-order valence-corrected chi connectivity index (χ1v) is 9.74. The van der Waals surface area contributed by atoms with Crippen LogP contribution in [0.3, 0.4) is 0 Å². The quantitative estimate of drug-likeness (QED) is 0.691. The van der Waals surface area contributed by atoms with Gasteiger partial charge in [-0.25, -0.2) is 8.42 Å². The standard InChI is InChI=1S/C19H14O4S/c20-17-15-3-1-2-4-16(15)18(21)19(17)7-11-5-13-9-24(22,23)10-14(13)6-12(11)8-19/h1-6H,7-10H2. The van der Waals surface area contributed by atoms with Crippen LogP contribution in [0.1, 0.15) is 43.0 Å². The first-order valence-electron chi connectivity index (χ1n) is 7.92. The highest BCUT2D eigenvalue weighted by molar-refractivity contribution is 7.90. The predicted molar refractivity (Wildman–Crippen MR) is 87.7 cm³/mol. The lowest BCUT2D eigenvalue weighted by atomic mass is 9.80. The Labute approximate surface area is 139 Å². The molecule has 0 fully saturated rings. The summed E-state index contributed by atoms with van der Waals surface area (Å²) in [4.78, 5) is 25.9. The second-order valence-electron chi connectivity index (χ2n) is 7.06. The molecule has 1 spiro atoms. The molecule has 0 amide bonds. The second kappa shape index (κ2) is 4.22. The number of carbonyl (C=O) groups excluding carboxylic acids is 2. The van der Waals surface area contributed by atoms with E-state index in [0.717, 1.165) is 22.3 Å². The number of benzene rings is 2. The Morgan fingerprint density at radius 3 is 1.67 bits per heavy atom. The molecule has 120 valence electrons. The molecule has 0 unspecified atom stereocenters. The smallest absolute Gasteiger partial charge is 0.178 e. The van der Waals surface area contributed by atoms with E-state index in [1.165, 1.54) is 0 Å². The lowest BCUT2D eigenvalue weighted by molar-refractivity contribution is 0.0710. The maximum atomic E-state index is 12.9. The van der Waals surface area contributed by atoms with Crippen LogP contribution in [0, 0.1) is 5.41 Å². The third-order valence-corrected chi connectivity index (χ3v) is 7.04. The van der Waals surface area contributed by atoms with Gasteiger partial charge in [0.25, 0.3) is 0 Å². The Bertz CT molecular complexity index is 985. The summed E-state index contributed by atoms with van der Waals surface area (Å²) in [7, 11) is -3.05. The van der Waals surface area contributed by atoms with Crippen LogP contribution in [0.25, 0.3) is 0 Å². The van der Waals surface area contributed by atoms with Crippen LogP contribution in [-0.2, 0) is 34.2 Å². The van der Waals surface area contributed by atoms with Gasteiger partial charge in [-0.2, -0.15) is 0 Å². The molecule has 0 atom stereocenters. The molecular weight excluding hydrogens is 324 g/mol. The van der Waals surface area contributed by atoms with Gasteiger partial charge in [-0.3, -0.25) is 9.59 Å². The van der Waals surface area contributed by atoms with Gasteiger partial charge in [0.05, 0.1) is 11.5 Å². The van der Waals surface area contributed by atoms with Crippen LogP contribution >= 0.6 is 0 Å². The van der Waals surface area contributed by atoms with Crippen LogP contribution in [-0.4, -0.2) is 20.0 Å². The van der Waals surface area contributed by atoms with Crippen LogP contribution in [0.15, 0.2) is 36.4 Å². The average Bonchev–Trinajstić information content (AvgIpc) is 3.11. The minimum Gasteiger partial charge on any atom is -0.293 e. The van der Waals surface area contributed by atoms with E-state index in [0.29, 0.717) is 24.0 Å². The summed E-state index contributed by atoms with van der Waals surface area (Å²) in [6.07, 6.45) is 0.754. The Morgan fingerprint density at radius 1 is 0.750 bits per heavy atom. The first kappa shape index (κ1) is 14.1. The molecule has 3 aliphatic rings. The molecule has 5 rings (SSSR count). The van der Waals surface area contributed by atoms with Gasteiger partial charge in [-0.15, -0.1) is 0 Å². The van der Waals surface area contributed by atoms with Crippen molar-refractivity contribution in [3.8, 4) is 0 Å². The number of sulfone groups is 1. The lowest BCUT2D eigenvalue weighted by Crippen LogP contribution is -2.34. The predicted octanol–water partition coefficient (Wildman–Crippen LogP) is 2.28. The maximum Gasteiger partial charge on any atom is 0.178 e. The van der Waals surface area contributed by atoms with Crippen LogP contribution in [0.5, 0.6) is 0 Å². The van der Waals surface area contributed by atoms with E-state index in [4.69, 9.17) is 0 Å². The molecule has 0 saturated carbocycles. The van der Waals surface area contributed by atoms with Gasteiger partial charge in [0.1, 0.15) is 5.41 Å². The fourth-order valence-electron chi connectivity index (χ4n) is 4.45. The van der Waals surface area contributed by atoms with Crippen LogP contribution < -0.4 is 0 Å². The Balaban J connectivity index is 1.61. The zero-order valence-electron chi connectivity index (χ0n) is 12.8. The van der Waals surface area contributed by atoms with Crippen molar-refractivity contribution in [2.45, 2.75) is 24.3 Å². The summed E-state index contributed by atoms with van der Waals surface area (Å²) in [6, 6.07) is 10.8. The number of fused-ring (bicyclic) bond motifs is 3. The van der Waals surface area contributed by atoms with E-state index in [9.17, 15) is 18.0 Å². The van der Waals surface area contributed by atoms with E-state index in [2.05, 4.69) is 0 Å². The van der Waals surface area contributed by atoms with Crippen molar-refractivity contribution in [2.75, 3.05) is 0 Å². The number of hydrogen-bond donors (Lipinski definition) is 0. The van der Waals surface area contributed by atoms with Crippen molar-refractivity contribution in [3.63, 3.8) is 0 Å². The molecule has 0 aromatic heterocycles. The molecule has 1 aliphatic heterocycles. The zero-order valence-corrected chi connectivity index (χ0v) is 13.7. The Kier molecular flexibility index (Phi) is 2.48. The number of Topliss-reactive ketones (excluding diaryl/α,β-unsaturated/α-hetero) is 2. The first-order chi connectivity index (χ1) is 11.4. The third kappa shape index (κ3) is 1.65. The summed E-state index contributed by atoms with van der Waals surface area (Å²) in [5, 5.41) is 0. The summed E-state index contributed by atoms with van der Waals surface area (Å²) in [5.41, 5.74) is 3.55. The number of rotatable bonds is 0. The molecule has 2 aliphatic carbocycles. The molecule has 0 bridgehead atoms. The van der Waals surface area contributed by atoms with Crippen molar-refractivity contribution in [1.29, 1.82) is 0 Å². The van der Waals surface area contributed by atoms with Gasteiger partial charge in [-0.1, -0.05) is 36.4 Å². The monoisotopic (exact) mass is 338 g/mol. The van der Waals surface area contributed by atoms with Crippen molar-refractivity contribution < 1.29 is 18.0 Å². The SMILES string of the molecule is O=C1c2ccccc2C(=O)C12Cc1cc3c(cc1C2)CS(=O)(=O)C3. The summed E-state index contributed by atoms with van der Waals surface area (Å²) in [5.74, 6) is -0.0608. The fraction of sp³-hybridized carbons (Fsp3) is 0.263. The highest BCUT2D eigenvalue weighted by Gasteiger charge is 2.55. The summed E-state index contributed by atoms with van der Waals surface area (Å²) >= 11 is 0. The van der Waals surface area contributed by atoms with E-state index >= 15 is 0 Å². The molecule has 24 heavy (non-hydrogen) atoms. The number of carbonyl (C=O) groups is 2. The third-order valence-electron chi connectivity index (χ3n) is 5.54. The van der Waals surface area contributed by atoms with Crippen LogP contribution in [0.2, 0.25) is 0 Å². The normalized spacial score (nSPS) is 21.8. The molecule has 0 saturated heterocycles. The van der Waals surface area contributed by atoms with Gasteiger partial charge in [0, 0.05) is 11.1 Å². The number of hydrogen-bond acceptors (Lipinski definition) is 4. The lowest BCUT2D eigenvalue weighted by Gasteiger charge is -2.18. The van der Waals surface area contributed by atoms with E-state index in [1.54, 1.807) is 24.3 Å². The topological polar surface area (TPSA) is 68.3 Å². The van der Waals surface area contributed by atoms with Crippen molar-refractivity contribution in [2.24, 2.45) is 5.41 Å². The van der Waals surface area contributed by atoms with E-state index in [-0.39, 0.29) is 23.1 Å². The van der Waals surface area contributed by atoms with Crippen molar-refractivity contribution in [1.82, 2.24) is 0 Å². The fourth-order valence-corrected chi connectivity index (χ4v) is 6.03. The van der Waals surface area contributed by atoms with Gasteiger partial charge in [0.2, 0.25) is 0 Å². The largest absolute Gasteiger partial charge is 0.293 e. The molecule has 2 aromatic rings. The molecule has 0 radical (unpaired) electrons. The van der Waals surface area contributed by atoms with Gasteiger partial charge in [0.15, 0.2) is 21.4 Å². The van der Waals surface area contributed by atoms with Gasteiger partial charge < -0.3 is 0 Å². The number of ketones is 2. The molecule has 1 heterocycles. The molecule has 5 heteroatoms. The summed E-state index contributed by atoms with van der Waals surface area (Å²) < 4.78 is 23.6. The van der Waals surface area contributed by atoms with E-state index < -0.39 is 15.3 Å². The second-order valence-corrected chi connectivity index (χ2v) is 9.13. The van der Waals surface area contributed by atoms with E-state index in [1.807, 2.05) is 12.1 Å². The van der Waals surface area contributed by atoms with Crippen LogP contribution in [0.4, 0.5) is 0 Å². The molecular formula is C19H14O4S. The highest BCUT2D eigenvalue weighted by atomic mass is 32.2. The minimum atomic E-state index is -3.05. The maximum absolute atomic E-state index is 12.9. The van der Waals surface area contributed by atoms with Crippen molar-refractivity contribution >= 4 is 21.4 Å². The van der Waals surface area contributed by atoms with Gasteiger partial charge in [-0.05, 0) is 35.1 Å². The van der Waals surface area contributed by atoms with Crippen molar-refractivity contribution in [3.05, 3.63) is 69.8 Å². The zero-order chi connectivity index (χ0) is 16.7. The summed E-state index contributed by atoms with van der Waals surface area (Å²) in [6.45, 7) is 0. The average molecular weight is 338 g/mol. The molecule has 0 N–H and O–H groups in total. The highest BCUT2D eigenvalue weighted by Crippen LogP contribution is 2.48. The minimum absolute atomic E-state index is 0.0602. The Morgan fingerprint density at radius 2 is 1.21 bits per heavy atom. The Hall–Kier alpha value is -2.27. The molecule has 2 aromatic carbocycles.